The Hall–Kier alpha value is -3.69. The van der Waals surface area contributed by atoms with Gasteiger partial charge in [0.25, 0.3) is 5.91 Å². The summed E-state index contributed by atoms with van der Waals surface area (Å²) in [6.07, 6.45) is 1.67. The molecular formula is C23H19N3O5S. The van der Waals surface area contributed by atoms with Gasteiger partial charge in [-0.15, -0.1) is 0 Å². The van der Waals surface area contributed by atoms with E-state index in [0.29, 0.717) is 25.3 Å². The fourth-order valence-corrected chi connectivity index (χ4v) is 4.28. The van der Waals surface area contributed by atoms with Gasteiger partial charge in [0, 0.05) is 23.1 Å². The summed E-state index contributed by atoms with van der Waals surface area (Å²) < 4.78 is 34.0. The fraction of sp³-hybridized carbons (Fsp3) is 0.130. The van der Waals surface area contributed by atoms with Gasteiger partial charge in [0.05, 0.1) is 17.6 Å². The van der Waals surface area contributed by atoms with Crippen LogP contribution in [-0.4, -0.2) is 37.5 Å². The molecule has 9 heteroatoms. The van der Waals surface area contributed by atoms with E-state index in [1.807, 2.05) is 36.4 Å². The van der Waals surface area contributed by atoms with Gasteiger partial charge >= 0.3 is 0 Å². The van der Waals surface area contributed by atoms with E-state index in [2.05, 4.69) is 5.16 Å². The Bertz CT molecular complexity index is 1430. The van der Waals surface area contributed by atoms with Crippen molar-refractivity contribution in [1.29, 1.82) is 0 Å². The molecule has 0 saturated heterocycles. The zero-order chi connectivity index (χ0) is 22.3. The van der Waals surface area contributed by atoms with Crippen LogP contribution < -0.4 is 9.88 Å². The number of fused-ring (bicyclic) bond motifs is 2. The van der Waals surface area contributed by atoms with Crippen molar-refractivity contribution in [2.75, 3.05) is 13.2 Å². The molecule has 8 nitrogen and oxygen atoms in total. The van der Waals surface area contributed by atoms with Gasteiger partial charge in [0.1, 0.15) is 12.4 Å². The lowest BCUT2D eigenvalue weighted by atomic mass is 10.0. The van der Waals surface area contributed by atoms with Crippen molar-refractivity contribution in [1.82, 2.24) is 10.1 Å². The number of primary sulfonamides is 1. The zero-order valence-corrected chi connectivity index (χ0v) is 17.7. The van der Waals surface area contributed by atoms with E-state index >= 15 is 0 Å². The van der Waals surface area contributed by atoms with Crippen molar-refractivity contribution in [3.63, 3.8) is 0 Å². The first-order valence-electron chi connectivity index (χ1n) is 9.91. The molecule has 0 unspecified atom stereocenters. The van der Waals surface area contributed by atoms with E-state index in [9.17, 15) is 13.2 Å². The van der Waals surface area contributed by atoms with E-state index in [4.69, 9.17) is 14.4 Å². The second kappa shape index (κ2) is 7.77. The second-order valence-electron chi connectivity index (χ2n) is 7.55. The molecule has 32 heavy (non-hydrogen) atoms. The average molecular weight is 449 g/mol. The van der Waals surface area contributed by atoms with Crippen molar-refractivity contribution in [3.05, 3.63) is 78.0 Å². The van der Waals surface area contributed by atoms with Crippen molar-refractivity contribution in [3.8, 4) is 16.9 Å². The normalized spacial score (nSPS) is 14.0. The van der Waals surface area contributed by atoms with E-state index in [-0.39, 0.29) is 10.8 Å². The van der Waals surface area contributed by atoms with Gasteiger partial charge in [-0.2, -0.15) is 0 Å². The van der Waals surface area contributed by atoms with Gasteiger partial charge in [-0.1, -0.05) is 17.3 Å². The molecule has 4 aromatic rings. The Morgan fingerprint density at radius 2 is 1.75 bits per heavy atom. The molecular weight excluding hydrogens is 430 g/mol. The van der Waals surface area contributed by atoms with Crippen LogP contribution in [0.15, 0.2) is 76.3 Å². The zero-order valence-electron chi connectivity index (χ0n) is 16.9. The highest BCUT2D eigenvalue weighted by Gasteiger charge is 2.22. The number of carbonyl (C=O) groups excluding carboxylic acids is 1. The van der Waals surface area contributed by atoms with Crippen molar-refractivity contribution >= 4 is 26.9 Å². The second-order valence-corrected chi connectivity index (χ2v) is 9.11. The number of ether oxygens (including phenoxy) is 1. The summed E-state index contributed by atoms with van der Waals surface area (Å²) in [5.74, 6) is 0.526. The van der Waals surface area contributed by atoms with Gasteiger partial charge in [-0.3, -0.25) is 4.79 Å². The van der Waals surface area contributed by atoms with E-state index < -0.39 is 10.0 Å². The Morgan fingerprint density at radius 3 is 2.53 bits per heavy atom. The summed E-state index contributed by atoms with van der Waals surface area (Å²) in [7, 11) is -3.81. The van der Waals surface area contributed by atoms with E-state index in [0.717, 1.165) is 33.4 Å². The monoisotopic (exact) mass is 449 g/mol. The Labute approximate surface area is 184 Å². The molecule has 1 aromatic heterocycles. The topological polar surface area (TPSA) is 116 Å². The highest BCUT2D eigenvalue weighted by Crippen LogP contribution is 2.31. The first kappa shape index (κ1) is 20.2. The molecule has 0 saturated carbocycles. The smallest absolute Gasteiger partial charge is 0.254 e. The van der Waals surface area contributed by atoms with Crippen LogP contribution in [0.2, 0.25) is 0 Å². The van der Waals surface area contributed by atoms with Gasteiger partial charge < -0.3 is 14.2 Å². The number of benzene rings is 3. The molecule has 1 aliphatic heterocycles. The third kappa shape index (κ3) is 3.83. The lowest BCUT2D eigenvalue weighted by Crippen LogP contribution is -2.32. The van der Waals surface area contributed by atoms with Gasteiger partial charge in [0.2, 0.25) is 10.0 Å². The Kier molecular flexibility index (Phi) is 4.91. The summed E-state index contributed by atoms with van der Waals surface area (Å²) in [6.45, 7) is 1.14. The summed E-state index contributed by atoms with van der Waals surface area (Å²) >= 11 is 0. The number of nitrogens with two attached hydrogens (primary N) is 1. The van der Waals surface area contributed by atoms with Crippen molar-refractivity contribution in [2.45, 2.75) is 11.4 Å². The summed E-state index contributed by atoms with van der Waals surface area (Å²) in [4.78, 5) is 14.7. The molecule has 0 radical (unpaired) electrons. The molecule has 0 fully saturated rings. The van der Waals surface area contributed by atoms with Crippen molar-refractivity contribution in [2.24, 2.45) is 5.14 Å². The van der Waals surface area contributed by atoms with Crippen LogP contribution >= 0.6 is 0 Å². The first-order chi connectivity index (χ1) is 15.4. The maximum Gasteiger partial charge on any atom is 0.254 e. The summed E-state index contributed by atoms with van der Waals surface area (Å²) in [6, 6.07) is 17.4. The molecule has 162 valence electrons. The molecule has 2 heterocycles. The Balaban J connectivity index is 1.43. The van der Waals surface area contributed by atoms with Gasteiger partial charge in [-0.05, 0) is 59.7 Å². The highest BCUT2D eigenvalue weighted by atomic mass is 32.2. The minimum Gasteiger partial charge on any atom is -0.491 e. The molecule has 1 aliphatic rings. The average Bonchev–Trinajstić information content (AvgIpc) is 3.15. The van der Waals surface area contributed by atoms with Gasteiger partial charge in [-0.25, -0.2) is 13.6 Å². The van der Waals surface area contributed by atoms with Crippen LogP contribution in [0, 0.1) is 0 Å². The fourth-order valence-electron chi connectivity index (χ4n) is 3.77. The number of sulfonamides is 1. The molecule has 0 atom stereocenters. The van der Waals surface area contributed by atoms with Crippen LogP contribution in [-0.2, 0) is 16.6 Å². The minimum absolute atomic E-state index is 0.0342. The molecule has 3 aromatic carbocycles. The van der Waals surface area contributed by atoms with Crippen molar-refractivity contribution < 1.29 is 22.5 Å². The van der Waals surface area contributed by atoms with Crippen LogP contribution in [0.3, 0.4) is 0 Å². The number of aromatic nitrogens is 1. The lowest BCUT2D eigenvalue weighted by Gasteiger charge is -2.20. The van der Waals surface area contributed by atoms with Crippen LogP contribution in [0.1, 0.15) is 15.9 Å². The number of hydrogen-bond donors (Lipinski definition) is 1. The molecule has 2 N–H and O–H groups in total. The van der Waals surface area contributed by atoms with Crippen LogP contribution in [0.5, 0.6) is 5.75 Å². The molecule has 0 bridgehead atoms. The predicted octanol–water partition coefficient (Wildman–Crippen LogP) is 3.18. The number of carbonyl (C=O) groups is 1. The molecule has 0 aliphatic carbocycles. The summed E-state index contributed by atoms with van der Waals surface area (Å²) in [5.41, 5.74) is 3.98. The lowest BCUT2D eigenvalue weighted by molar-refractivity contribution is 0.0733. The maximum absolute atomic E-state index is 13.1. The van der Waals surface area contributed by atoms with Gasteiger partial charge in [0.15, 0.2) is 5.58 Å². The van der Waals surface area contributed by atoms with E-state index in [1.165, 1.54) is 24.3 Å². The standard InChI is InChI=1S/C23H19N3O5S/c24-32(28,29)20-5-1-15(2-6-20)23(27)26-9-10-30-21-7-3-17(12-19(21)14-26)16-4-8-22-18(11-16)13-25-31-22/h1-8,11-13H,9-10,14H2,(H2,24,28,29). The third-order valence-electron chi connectivity index (χ3n) is 5.44. The largest absolute Gasteiger partial charge is 0.491 e. The molecule has 1 amide bonds. The maximum atomic E-state index is 13.1. The SMILES string of the molecule is NS(=O)(=O)c1ccc(C(=O)N2CCOc3ccc(-c4ccc5oncc5c4)cc3C2)cc1. The minimum atomic E-state index is -3.81. The third-order valence-corrected chi connectivity index (χ3v) is 6.37. The Morgan fingerprint density at radius 1 is 1.00 bits per heavy atom. The molecule has 0 spiro atoms. The molecule has 5 rings (SSSR count). The first-order valence-corrected chi connectivity index (χ1v) is 11.5. The summed E-state index contributed by atoms with van der Waals surface area (Å²) in [5, 5.41) is 9.86. The van der Waals surface area contributed by atoms with E-state index in [1.54, 1.807) is 11.1 Å². The predicted molar refractivity (Wildman–Crippen MR) is 117 cm³/mol. The van der Waals surface area contributed by atoms with Crippen LogP contribution in [0.25, 0.3) is 22.1 Å². The van der Waals surface area contributed by atoms with Crippen LogP contribution in [0.4, 0.5) is 0 Å². The quantitative estimate of drug-likeness (QED) is 0.514. The number of nitrogens with zero attached hydrogens (tertiary/aromatic N) is 2. The number of hydrogen-bond acceptors (Lipinski definition) is 6. The number of rotatable bonds is 3. The highest BCUT2D eigenvalue weighted by molar-refractivity contribution is 7.89. The number of amides is 1.